The van der Waals surface area contributed by atoms with Crippen molar-refractivity contribution >= 4 is 5.97 Å². The zero-order valence-corrected chi connectivity index (χ0v) is 12.1. The number of hydrogen-bond donors (Lipinski definition) is 2. The lowest BCUT2D eigenvalue weighted by molar-refractivity contribution is 0.0697. The first-order valence-electron chi connectivity index (χ1n) is 6.44. The zero-order valence-electron chi connectivity index (χ0n) is 12.1. The topological polar surface area (TPSA) is 92.2 Å². The van der Waals surface area contributed by atoms with Crippen LogP contribution in [0.5, 0.6) is 0 Å². The second kappa shape index (κ2) is 5.40. The van der Waals surface area contributed by atoms with Crippen LogP contribution in [0.25, 0.3) is 0 Å². The second-order valence-electron chi connectivity index (χ2n) is 5.03. The molecule has 1 heterocycles. The summed E-state index contributed by atoms with van der Waals surface area (Å²) in [4.78, 5) is 34.8. The third-order valence-corrected chi connectivity index (χ3v) is 3.62. The van der Waals surface area contributed by atoms with Gasteiger partial charge in [0.25, 0.3) is 11.1 Å². The van der Waals surface area contributed by atoms with E-state index in [1.165, 1.54) is 10.7 Å². The molecule has 1 aromatic carbocycles. The van der Waals surface area contributed by atoms with Crippen LogP contribution in [0.4, 0.5) is 0 Å². The largest absolute Gasteiger partial charge is 0.478 e. The Labute approximate surface area is 120 Å². The molecule has 1 aromatic heterocycles. The maximum atomic E-state index is 12.1. The van der Waals surface area contributed by atoms with Gasteiger partial charge in [-0.1, -0.05) is 6.07 Å². The SMILES string of the molecule is Cc1cc(C(=O)O)ccc1Cn1[nH]c(=O)c(C)c(C)c1=O. The molecular weight excluding hydrogens is 272 g/mol. The number of aromatic nitrogens is 2. The van der Waals surface area contributed by atoms with Crippen molar-refractivity contribution in [1.82, 2.24) is 9.78 Å². The smallest absolute Gasteiger partial charge is 0.335 e. The number of rotatable bonds is 3. The highest BCUT2D eigenvalue weighted by Crippen LogP contribution is 2.12. The number of carboxylic acids is 1. The molecule has 0 atom stereocenters. The number of aromatic amines is 1. The summed E-state index contributed by atoms with van der Waals surface area (Å²) < 4.78 is 1.24. The summed E-state index contributed by atoms with van der Waals surface area (Å²) >= 11 is 0. The molecule has 0 saturated heterocycles. The standard InChI is InChI=1S/C15H16N2O4/c1-8-6-11(15(20)21)4-5-12(8)7-17-14(19)10(3)9(2)13(18)16-17/h4-6H,7H2,1-3H3,(H,16,18)(H,20,21). The van der Waals surface area contributed by atoms with Crippen LogP contribution >= 0.6 is 0 Å². The molecule has 0 aliphatic rings. The minimum absolute atomic E-state index is 0.192. The van der Waals surface area contributed by atoms with E-state index < -0.39 is 5.97 Å². The van der Waals surface area contributed by atoms with Gasteiger partial charge < -0.3 is 5.11 Å². The second-order valence-corrected chi connectivity index (χ2v) is 5.03. The predicted octanol–water partition coefficient (Wildman–Crippen LogP) is 1.21. The van der Waals surface area contributed by atoms with E-state index in [0.29, 0.717) is 11.1 Å². The average molecular weight is 288 g/mol. The number of carbonyl (C=O) groups is 1. The molecule has 2 rings (SSSR count). The van der Waals surface area contributed by atoms with Gasteiger partial charge in [-0.2, -0.15) is 0 Å². The van der Waals surface area contributed by atoms with E-state index in [9.17, 15) is 14.4 Å². The lowest BCUT2D eigenvalue weighted by Gasteiger charge is -2.11. The molecule has 110 valence electrons. The van der Waals surface area contributed by atoms with Gasteiger partial charge in [0.2, 0.25) is 0 Å². The van der Waals surface area contributed by atoms with Crippen LogP contribution in [0.3, 0.4) is 0 Å². The van der Waals surface area contributed by atoms with Crippen molar-refractivity contribution < 1.29 is 9.90 Å². The van der Waals surface area contributed by atoms with Gasteiger partial charge in [-0.05, 0) is 44.0 Å². The number of aryl methyl sites for hydroxylation is 1. The third-order valence-electron chi connectivity index (χ3n) is 3.62. The molecular formula is C15H16N2O4. The molecule has 0 spiro atoms. The van der Waals surface area contributed by atoms with Crippen molar-refractivity contribution in [3.8, 4) is 0 Å². The van der Waals surface area contributed by atoms with Gasteiger partial charge >= 0.3 is 5.97 Å². The molecule has 0 aliphatic carbocycles. The fourth-order valence-electron chi connectivity index (χ4n) is 2.08. The highest BCUT2D eigenvalue weighted by Gasteiger charge is 2.10. The summed E-state index contributed by atoms with van der Waals surface area (Å²) in [5.41, 5.74) is 1.99. The number of aromatic carboxylic acids is 1. The van der Waals surface area contributed by atoms with Gasteiger partial charge in [-0.25, -0.2) is 9.48 Å². The number of carboxylic acid groups (broad SMARTS) is 1. The van der Waals surface area contributed by atoms with E-state index in [1.54, 1.807) is 32.9 Å². The summed E-state index contributed by atoms with van der Waals surface area (Å²) in [7, 11) is 0. The number of nitrogens with zero attached hydrogens (tertiary/aromatic N) is 1. The third kappa shape index (κ3) is 2.79. The van der Waals surface area contributed by atoms with E-state index in [-0.39, 0.29) is 23.2 Å². The lowest BCUT2D eigenvalue weighted by Crippen LogP contribution is -2.33. The predicted molar refractivity (Wildman–Crippen MR) is 78.0 cm³/mol. The van der Waals surface area contributed by atoms with Crippen LogP contribution in [0.2, 0.25) is 0 Å². The Balaban J connectivity index is 2.46. The molecule has 0 unspecified atom stereocenters. The van der Waals surface area contributed by atoms with Crippen molar-refractivity contribution in [3.63, 3.8) is 0 Å². The van der Waals surface area contributed by atoms with E-state index in [2.05, 4.69) is 5.10 Å². The van der Waals surface area contributed by atoms with Crippen LogP contribution in [0.15, 0.2) is 27.8 Å². The average Bonchev–Trinajstić information content (AvgIpc) is 2.44. The Kier molecular flexibility index (Phi) is 3.80. The van der Waals surface area contributed by atoms with Crippen LogP contribution in [0.1, 0.15) is 32.6 Å². The first-order valence-corrected chi connectivity index (χ1v) is 6.44. The van der Waals surface area contributed by atoms with Crippen molar-refractivity contribution in [2.75, 3.05) is 0 Å². The Morgan fingerprint density at radius 3 is 2.43 bits per heavy atom. The first-order chi connectivity index (χ1) is 9.81. The van der Waals surface area contributed by atoms with Gasteiger partial charge in [0.05, 0.1) is 12.1 Å². The van der Waals surface area contributed by atoms with Crippen LogP contribution < -0.4 is 11.1 Å². The summed E-state index contributed by atoms with van der Waals surface area (Å²) in [5, 5.41) is 11.5. The molecule has 0 amide bonds. The summed E-state index contributed by atoms with van der Waals surface area (Å²) in [5.74, 6) is -0.999. The Bertz CT molecular complexity index is 831. The van der Waals surface area contributed by atoms with Crippen molar-refractivity contribution in [3.05, 3.63) is 66.7 Å². The van der Waals surface area contributed by atoms with Crippen molar-refractivity contribution in [2.45, 2.75) is 27.3 Å². The Hall–Kier alpha value is -2.63. The first kappa shape index (κ1) is 14.8. The zero-order chi connectivity index (χ0) is 15.7. The molecule has 0 bridgehead atoms. The Morgan fingerprint density at radius 2 is 1.86 bits per heavy atom. The molecule has 6 heteroatoms. The van der Waals surface area contributed by atoms with Gasteiger partial charge in [-0.15, -0.1) is 0 Å². The van der Waals surface area contributed by atoms with Gasteiger partial charge in [0, 0.05) is 11.1 Å². The molecule has 0 fully saturated rings. The summed E-state index contributed by atoms with van der Waals surface area (Å²) in [6.07, 6.45) is 0. The molecule has 2 N–H and O–H groups in total. The van der Waals surface area contributed by atoms with E-state index in [1.807, 2.05) is 0 Å². The normalized spacial score (nSPS) is 10.6. The molecule has 2 aromatic rings. The fraction of sp³-hybridized carbons (Fsp3) is 0.267. The fourth-order valence-corrected chi connectivity index (χ4v) is 2.08. The number of H-pyrrole nitrogens is 1. The van der Waals surface area contributed by atoms with Crippen molar-refractivity contribution in [2.24, 2.45) is 0 Å². The molecule has 0 aliphatic heterocycles. The maximum Gasteiger partial charge on any atom is 0.335 e. The lowest BCUT2D eigenvalue weighted by atomic mass is 10.1. The molecule has 0 radical (unpaired) electrons. The Morgan fingerprint density at radius 1 is 1.19 bits per heavy atom. The van der Waals surface area contributed by atoms with Gasteiger partial charge in [0.15, 0.2) is 0 Å². The number of benzene rings is 1. The van der Waals surface area contributed by atoms with Gasteiger partial charge in [0.1, 0.15) is 0 Å². The quantitative estimate of drug-likeness (QED) is 0.888. The highest BCUT2D eigenvalue weighted by atomic mass is 16.4. The van der Waals surface area contributed by atoms with Crippen LogP contribution in [0, 0.1) is 20.8 Å². The van der Waals surface area contributed by atoms with Gasteiger partial charge in [-0.3, -0.25) is 14.7 Å². The van der Waals surface area contributed by atoms with Crippen LogP contribution in [-0.2, 0) is 6.54 Å². The molecule has 6 nitrogen and oxygen atoms in total. The van der Waals surface area contributed by atoms with E-state index in [4.69, 9.17) is 5.11 Å². The van der Waals surface area contributed by atoms with E-state index in [0.717, 1.165) is 11.1 Å². The number of hydrogen-bond acceptors (Lipinski definition) is 3. The molecule has 0 saturated carbocycles. The minimum atomic E-state index is -0.999. The maximum absolute atomic E-state index is 12.1. The number of nitrogens with one attached hydrogen (secondary N) is 1. The van der Waals surface area contributed by atoms with E-state index >= 15 is 0 Å². The minimum Gasteiger partial charge on any atom is -0.478 e. The molecule has 21 heavy (non-hydrogen) atoms. The summed E-state index contributed by atoms with van der Waals surface area (Å²) in [6.45, 7) is 5.18. The monoisotopic (exact) mass is 288 g/mol. The van der Waals surface area contributed by atoms with Crippen molar-refractivity contribution in [1.29, 1.82) is 0 Å². The highest BCUT2D eigenvalue weighted by molar-refractivity contribution is 5.87. The summed E-state index contributed by atoms with van der Waals surface area (Å²) in [6, 6.07) is 4.68. The van der Waals surface area contributed by atoms with Crippen LogP contribution in [-0.4, -0.2) is 20.9 Å².